The average Bonchev–Trinajstić information content (AvgIpc) is 2.70. The van der Waals surface area contributed by atoms with Crippen molar-refractivity contribution in [3.8, 4) is 0 Å². The molecule has 2 fully saturated rings. The maximum absolute atomic E-state index is 12.1. The molecule has 0 aromatic heterocycles. The zero-order valence-corrected chi connectivity index (χ0v) is 10.6. The molecule has 98 valence electrons. The number of likely N-dealkylation sites (N-methyl/N-ethyl adjacent to an activating group) is 1. The highest BCUT2D eigenvalue weighted by atomic mass is 16.5. The minimum atomic E-state index is -1.02. The Morgan fingerprint density at radius 3 is 2.71 bits per heavy atom. The van der Waals surface area contributed by atoms with Gasteiger partial charge >= 0.3 is 5.97 Å². The molecule has 17 heavy (non-hydrogen) atoms. The third-order valence-corrected chi connectivity index (χ3v) is 4.15. The predicted molar refractivity (Wildman–Crippen MR) is 61.6 cm³/mol. The highest BCUT2D eigenvalue weighted by Crippen LogP contribution is 2.45. The number of ether oxygens (including phenoxy) is 2. The van der Waals surface area contributed by atoms with E-state index in [-0.39, 0.29) is 12.6 Å². The zero-order chi connectivity index (χ0) is 12.5. The van der Waals surface area contributed by atoms with Crippen molar-refractivity contribution in [1.29, 1.82) is 0 Å². The molecule has 1 N–H and O–H groups in total. The molecule has 2 heterocycles. The van der Waals surface area contributed by atoms with E-state index < -0.39 is 11.0 Å². The van der Waals surface area contributed by atoms with Gasteiger partial charge in [-0.25, -0.2) is 0 Å². The molecule has 0 amide bonds. The van der Waals surface area contributed by atoms with Crippen molar-refractivity contribution in [2.45, 2.75) is 24.9 Å². The van der Waals surface area contributed by atoms with Crippen molar-refractivity contribution in [3.05, 3.63) is 0 Å². The van der Waals surface area contributed by atoms with Gasteiger partial charge in [-0.05, 0) is 26.3 Å². The molecule has 0 radical (unpaired) electrons. The van der Waals surface area contributed by atoms with Crippen LogP contribution in [0, 0.1) is 5.41 Å². The van der Waals surface area contributed by atoms with Crippen molar-refractivity contribution in [2.24, 2.45) is 5.41 Å². The number of aliphatic hydroxyl groups is 1. The lowest BCUT2D eigenvalue weighted by Crippen LogP contribution is -2.59. The van der Waals surface area contributed by atoms with Gasteiger partial charge in [-0.1, -0.05) is 0 Å². The summed E-state index contributed by atoms with van der Waals surface area (Å²) in [6.07, 6.45) is 2.03. The van der Waals surface area contributed by atoms with Crippen molar-refractivity contribution in [1.82, 2.24) is 4.90 Å². The molecule has 2 aliphatic heterocycles. The van der Waals surface area contributed by atoms with Gasteiger partial charge < -0.3 is 19.5 Å². The predicted octanol–water partition coefficient (Wildman–Crippen LogP) is 0.0228. The standard InChI is InChI=1S/C12H21NO4/c1-13-6-5-12(15,8-13)11(10(14)16-2)4-3-7-17-9-11/h15H,3-9H2,1-2H3. The van der Waals surface area contributed by atoms with Crippen LogP contribution in [-0.2, 0) is 14.3 Å². The summed E-state index contributed by atoms with van der Waals surface area (Å²) in [6, 6.07) is 0. The van der Waals surface area contributed by atoms with Gasteiger partial charge in [-0.2, -0.15) is 0 Å². The van der Waals surface area contributed by atoms with E-state index >= 15 is 0 Å². The lowest BCUT2D eigenvalue weighted by atomic mass is 9.67. The number of esters is 1. The molecule has 5 nitrogen and oxygen atoms in total. The zero-order valence-electron chi connectivity index (χ0n) is 10.6. The van der Waals surface area contributed by atoms with Gasteiger partial charge in [0.05, 0.1) is 19.3 Å². The van der Waals surface area contributed by atoms with Gasteiger partial charge in [0.15, 0.2) is 0 Å². The SMILES string of the molecule is COC(=O)C1(C2(O)CCN(C)C2)CCCOC1. The highest BCUT2D eigenvalue weighted by molar-refractivity contribution is 5.79. The number of hydrogen-bond acceptors (Lipinski definition) is 5. The molecule has 2 unspecified atom stereocenters. The first-order chi connectivity index (χ1) is 8.04. The lowest BCUT2D eigenvalue weighted by Gasteiger charge is -2.44. The number of methoxy groups -OCH3 is 1. The molecule has 2 aliphatic rings. The van der Waals surface area contributed by atoms with Crippen molar-refractivity contribution in [2.75, 3.05) is 40.5 Å². The normalized spacial score (nSPS) is 39.2. The fraction of sp³-hybridized carbons (Fsp3) is 0.917. The maximum atomic E-state index is 12.1. The van der Waals surface area contributed by atoms with Crippen LogP contribution >= 0.6 is 0 Å². The number of nitrogens with zero attached hydrogens (tertiary/aromatic N) is 1. The molecule has 0 spiro atoms. The second-order valence-electron chi connectivity index (χ2n) is 5.25. The van der Waals surface area contributed by atoms with E-state index in [9.17, 15) is 9.90 Å². The molecule has 0 saturated carbocycles. The smallest absolute Gasteiger partial charge is 0.317 e. The van der Waals surface area contributed by atoms with Crippen LogP contribution in [-0.4, -0.2) is 62.0 Å². The van der Waals surface area contributed by atoms with Gasteiger partial charge in [0.2, 0.25) is 0 Å². The number of likely N-dealkylation sites (tertiary alicyclic amines) is 1. The molecule has 0 aromatic rings. The van der Waals surface area contributed by atoms with Crippen LogP contribution in [0.25, 0.3) is 0 Å². The van der Waals surface area contributed by atoms with Crippen molar-refractivity contribution >= 4 is 5.97 Å². The molecule has 0 bridgehead atoms. The first kappa shape index (κ1) is 12.8. The van der Waals surface area contributed by atoms with E-state index in [1.165, 1.54) is 7.11 Å². The van der Waals surface area contributed by atoms with Gasteiger partial charge in [-0.3, -0.25) is 4.79 Å². The van der Waals surface area contributed by atoms with E-state index in [0.29, 0.717) is 26.0 Å². The van der Waals surface area contributed by atoms with Gasteiger partial charge in [-0.15, -0.1) is 0 Å². The highest BCUT2D eigenvalue weighted by Gasteiger charge is 2.59. The van der Waals surface area contributed by atoms with E-state index in [1.807, 2.05) is 11.9 Å². The minimum absolute atomic E-state index is 0.268. The summed E-state index contributed by atoms with van der Waals surface area (Å²) < 4.78 is 10.4. The number of rotatable bonds is 2. The largest absolute Gasteiger partial charge is 0.468 e. The summed E-state index contributed by atoms with van der Waals surface area (Å²) in [5, 5.41) is 10.8. The van der Waals surface area contributed by atoms with Crippen LogP contribution < -0.4 is 0 Å². The van der Waals surface area contributed by atoms with E-state index in [1.54, 1.807) is 0 Å². The maximum Gasteiger partial charge on any atom is 0.317 e. The summed E-state index contributed by atoms with van der Waals surface area (Å²) in [4.78, 5) is 14.1. The Labute approximate surface area is 102 Å². The lowest BCUT2D eigenvalue weighted by molar-refractivity contribution is -0.190. The molecular formula is C12H21NO4. The summed E-state index contributed by atoms with van der Waals surface area (Å²) in [7, 11) is 3.33. The van der Waals surface area contributed by atoms with Crippen molar-refractivity contribution < 1.29 is 19.4 Å². The summed E-state index contributed by atoms with van der Waals surface area (Å²) in [5.74, 6) is -0.338. The first-order valence-electron chi connectivity index (χ1n) is 6.11. The summed E-state index contributed by atoms with van der Waals surface area (Å²) in [6.45, 7) is 2.23. The number of hydrogen-bond donors (Lipinski definition) is 1. The van der Waals surface area contributed by atoms with Crippen molar-refractivity contribution in [3.63, 3.8) is 0 Å². The van der Waals surface area contributed by atoms with Crippen LogP contribution in [0.3, 0.4) is 0 Å². The fourth-order valence-electron chi connectivity index (χ4n) is 3.08. The fourth-order valence-corrected chi connectivity index (χ4v) is 3.08. The van der Waals surface area contributed by atoms with Gasteiger partial charge in [0, 0.05) is 19.7 Å². The Morgan fingerprint density at radius 2 is 2.24 bits per heavy atom. The Bertz CT molecular complexity index is 301. The third-order valence-electron chi connectivity index (χ3n) is 4.15. The third kappa shape index (κ3) is 1.96. The van der Waals surface area contributed by atoms with Crippen LogP contribution in [0.1, 0.15) is 19.3 Å². The molecular weight excluding hydrogens is 222 g/mol. The van der Waals surface area contributed by atoms with E-state index in [0.717, 1.165) is 13.0 Å². The van der Waals surface area contributed by atoms with Crippen LogP contribution in [0.5, 0.6) is 0 Å². The first-order valence-corrected chi connectivity index (χ1v) is 6.11. The Kier molecular flexibility index (Phi) is 3.43. The Morgan fingerprint density at radius 1 is 1.47 bits per heavy atom. The molecule has 0 aliphatic carbocycles. The minimum Gasteiger partial charge on any atom is -0.468 e. The topological polar surface area (TPSA) is 59.0 Å². The number of carbonyl (C=O) groups excluding carboxylic acids is 1. The molecule has 2 rings (SSSR count). The molecule has 5 heteroatoms. The Hall–Kier alpha value is -0.650. The number of carbonyl (C=O) groups is 1. The molecule has 2 saturated heterocycles. The van der Waals surface area contributed by atoms with Gasteiger partial charge in [0.25, 0.3) is 0 Å². The molecule has 0 aromatic carbocycles. The molecule has 2 atom stereocenters. The van der Waals surface area contributed by atoms with E-state index in [2.05, 4.69) is 0 Å². The second-order valence-corrected chi connectivity index (χ2v) is 5.25. The van der Waals surface area contributed by atoms with E-state index in [4.69, 9.17) is 9.47 Å². The summed E-state index contributed by atoms with van der Waals surface area (Å²) in [5.41, 5.74) is -1.90. The second kappa shape index (κ2) is 4.55. The number of β-amino-alcohol motifs (C(OH)–C–C–N with tert-alkyl or cyclic N) is 1. The average molecular weight is 243 g/mol. The van der Waals surface area contributed by atoms with Crippen LogP contribution in [0.2, 0.25) is 0 Å². The van der Waals surface area contributed by atoms with Crippen LogP contribution in [0.4, 0.5) is 0 Å². The summed E-state index contributed by atoms with van der Waals surface area (Å²) >= 11 is 0. The van der Waals surface area contributed by atoms with Gasteiger partial charge in [0.1, 0.15) is 5.41 Å². The quantitative estimate of drug-likeness (QED) is 0.693. The van der Waals surface area contributed by atoms with Crippen LogP contribution in [0.15, 0.2) is 0 Å². The Balaban J connectivity index is 2.29. The monoisotopic (exact) mass is 243 g/mol.